The summed E-state index contributed by atoms with van der Waals surface area (Å²) in [6.45, 7) is 8.91. The third kappa shape index (κ3) is 3.63. The first kappa shape index (κ1) is 13.7. The first-order valence-electron chi connectivity index (χ1n) is 6.47. The Morgan fingerprint density at radius 1 is 1.06 bits per heavy atom. The van der Waals surface area contributed by atoms with Crippen molar-refractivity contribution in [1.29, 1.82) is 0 Å². The van der Waals surface area contributed by atoms with Gasteiger partial charge in [-0.05, 0) is 52.0 Å². The first-order chi connectivity index (χ1) is 8.26. The molecule has 0 atom stereocenters. The minimum atomic E-state index is 0.110. The van der Waals surface area contributed by atoms with E-state index in [4.69, 9.17) is 16.3 Å². The van der Waals surface area contributed by atoms with Crippen LogP contribution in [0.2, 0.25) is 5.02 Å². The zero-order chi connectivity index (χ0) is 13.4. The first-order valence-corrected chi connectivity index (χ1v) is 6.85. The fourth-order valence-corrected chi connectivity index (χ4v) is 3.14. The number of hydrogen-bond donors (Lipinski definition) is 1. The molecule has 0 radical (unpaired) electrons. The van der Waals surface area contributed by atoms with Crippen LogP contribution in [0.15, 0.2) is 24.3 Å². The normalized spacial score (nSPS) is 22.7. The molecule has 1 heterocycles. The Labute approximate surface area is 115 Å². The molecule has 1 saturated heterocycles. The average molecular weight is 268 g/mol. The molecule has 2 nitrogen and oxygen atoms in total. The predicted octanol–water partition coefficient (Wildman–Crippen LogP) is 4.03. The standard InChI is InChI=1S/C15H22ClNO/c1-14(2)9-13(10-15(3,4)17-14)18-12-7-5-11(16)6-8-12/h5-8,13,17H,9-10H2,1-4H3. The summed E-state index contributed by atoms with van der Waals surface area (Å²) in [4.78, 5) is 0. The van der Waals surface area contributed by atoms with Gasteiger partial charge in [0, 0.05) is 28.9 Å². The fourth-order valence-electron chi connectivity index (χ4n) is 3.02. The molecule has 1 aromatic rings. The van der Waals surface area contributed by atoms with Gasteiger partial charge >= 0.3 is 0 Å². The molecule has 1 N–H and O–H groups in total. The summed E-state index contributed by atoms with van der Waals surface area (Å²) in [5, 5.41) is 4.40. The van der Waals surface area contributed by atoms with E-state index in [0.29, 0.717) is 0 Å². The quantitative estimate of drug-likeness (QED) is 0.874. The number of hydrogen-bond acceptors (Lipinski definition) is 2. The fraction of sp³-hybridized carbons (Fsp3) is 0.600. The van der Waals surface area contributed by atoms with Crippen molar-refractivity contribution in [3.63, 3.8) is 0 Å². The number of rotatable bonds is 2. The lowest BCUT2D eigenvalue weighted by Gasteiger charge is -2.46. The Hall–Kier alpha value is -0.730. The van der Waals surface area contributed by atoms with E-state index in [0.717, 1.165) is 23.6 Å². The Morgan fingerprint density at radius 3 is 2.06 bits per heavy atom. The van der Waals surface area contributed by atoms with Crippen molar-refractivity contribution >= 4 is 11.6 Å². The molecule has 0 aromatic heterocycles. The van der Waals surface area contributed by atoms with Crippen molar-refractivity contribution in [2.24, 2.45) is 0 Å². The van der Waals surface area contributed by atoms with Crippen LogP contribution in [0.5, 0.6) is 5.75 Å². The van der Waals surface area contributed by atoms with E-state index in [2.05, 4.69) is 33.0 Å². The van der Waals surface area contributed by atoms with E-state index >= 15 is 0 Å². The van der Waals surface area contributed by atoms with Gasteiger partial charge in [0.2, 0.25) is 0 Å². The second-order valence-electron chi connectivity index (χ2n) is 6.49. The van der Waals surface area contributed by atoms with E-state index in [1.807, 2.05) is 24.3 Å². The van der Waals surface area contributed by atoms with E-state index < -0.39 is 0 Å². The molecule has 1 aromatic carbocycles. The van der Waals surface area contributed by atoms with Crippen LogP contribution in [0.3, 0.4) is 0 Å². The monoisotopic (exact) mass is 267 g/mol. The van der Waals surface area contributed by atoms with Crippen LogP contribution < -0.4 is 10.1 Å². The van der Waals surface area contributed by atoms with Crippen LogP contribution >= 0.6 is 11.6 Å². The van der Waals surface area contributed by atoms with Crippen LogP contribution in [0.1, 0.15) is 40.5 Å². The second-order valence-corrected chi connectivity index (χ2v) is 6.93. The molecule has 1 fully saturated rings. The Morgan fingerprint density at radius 2 is 1.56 bits per heavy atom. The number of ether oxygens (including phenoxy) is 1. The molecule has 0 spiro atoms. The number of halogens is 1. The highest BCUT2D eigenvalue weighted by atomic mass is 35.5. The molecule has 0 amide bonds. The van der Waals surface area contributed by atoms with Gasteiger partial charge in [-0.1, -0.05) is 11.6 Å². The van der Waals surface area contributed by atoms with Gasteiger partial charge in [-0.25, -0.2) is 0 Å². The van der Waals surface area contributed by atoms with Crippen molar-refractivity contribution < 1.29 is 4.74 Å². The SMILES string of the molecule is CC1(C)CC(Oc2ccc(Cl)cc2)CC(C)(C)N1. The minimum Gasteiger partial charge on any atom is -0.490 e. The molecule has 0 saturated carbocycles. The molecule has 0 bridgehead atoms. The zero-order valence-corrected chi connectivity index (χ0v) is 12.3. The summed E-state index contributed by atoms with van der Waals surface area (Å²) in [7, 11) is 0. The third-order valence-electron chi connectivity index (χ3n) is 3.27. The number of piperidine rings is 1. The van der Waals surface area contributed by atoms with Crippen molar-refractivity contribution in [3.8, 4) is 5.75 Å². The summed E-state index contributed by atoms with van der Waals surface area (Å²) in [5.74, 6) is 0.901. The van der Waals surface area contributed by atoms with Gasteiger partial charge in [0.05, 0.1) is 0 Å². The van der Waals surface area contributed by atoms with E-state index in [9.17, 15) is 0 Å². The van der Waals surface area contributed by atoms with Gasteiger partial charge in [0.1, 0.15) is 11.9 Å². The molecular weight excluding hydrogens is 246 g/mol. The summed E-state index contributed by atoms with van der Waals surface area (Å²) in [5.41, 5.74) is 0.220. The van der Waals surface area contributed by atoms with Crippen molar-refractivity contribution in [2.75, 3.05) is 0 Å². The lowest BCUT2D eigenvalue weighted by molar-refractivity contribution is 0.0559. The van der Waals surface area contributed by atoms with E-state index in [1.54, 1.807) is 0 Å². The molecule has 0 aliphatic carbocycles. The summed E-state index contributed by atoms with van der Waals surface area (Å²) in [6, 6.07) is 7.61. The minimum absolute atomic E-state index is 0.110. The van der Waals surface area contributed by atoms with Crippen LogP contribution in [0, 0.1) is 0 Å². The van der Waals surface area contributed by atoms with Gasteiger partial charge in [-0.3, -0.25) is 0 Å². The van der Waals surface area contributed by atoms with Gasteiger partial charge in [0.25, 0.3) is 0 Å². The topological polar surface area (TPSA) is 21.3 Å². The third-order valence-corrected chi connectivity index (χ3v) is 3.52. The Balaban J connectivity index is 2.07. The van der Waals surface area contributed by atoms with Crippen molar-refractivity contribution in [1.82, 2.24) is 5.32 Å². The smallest absolute Gasteiger partial charge is 0.119 e. The van der Waals surface area contributed by atoms with Crippen molar-refractivity contribution in [2.45, 2.75) is 57.7 Å². The maximum absolute atomic E-state index is 6.08. The van der Waals surface area contributed by atoms with Crippen molar-refractivity contribution in [3.05, 3.63) is 29.3 Å². The Bertz CT molecular complexity index is 395. The van der Waals surface area contributed by atoms with E-state index in [-0.39, 0.29) is 17.2 Å². The largest absolute Gasteiger partial charge is 0.490 e. The van der Waals surface area contributed by atoms with E-state index in [1.165, 1.54) is 0 Å². The highest BCUT2D eigenvalue weighted by molar-refractivity contribution is 6.30. The molecular formula is C15H22ClNO. The van der Waals surface area contributed by atoms with Crippen LogP contribution in [0.4, 0.5) is 0 Å². The molecule has 1 aliphatic rings. The lowest BCUT2D eigenvalue weighted by Crippen LogP contribution is -2.60. The molecule has 3 heteroatoms. The lowest BCUT2D eigenvalue weighted by atomic mass is 9.81. The van der Waals surface area contributed by atoms with Gasteiger partial charge in [-0.2, -0.15) is 0 Å². The van der Waals surface area contributed by atoms with Crippen LogP contribution in [-0.2, 0) is 0 Å². The summed E-state index contributed by atoms with van der Waals surface area (Å²) >= 11 is 5.88. The van der Waals surface area contributed by atoms with Gasteiger partial charge in [-0.15, -0.1) is 0 Å². The highest BCUT2D eigenvalue weighted by Crippen LogP contribution is 2.31. The molecule has 0 unspecified atom stereocenters. The van der Waals surface area contributed by atoms with Crippen LogP contribution in [-0.4, -0.2) is 17.2 Å². The molecule has 100 valence electrons. The Kier molecular flexibility index (Phi) is 3.61. The zero-order valence-electron chi connectivity index (χ0n) is 11.6. The maximum atomic E-state index is 6.08. The predicted molar refractivity (Wildman–Crippen MR) is 76.4 cm³/mol. The number of benzene rings is 1. The van der Waals surface area contributed by atoms with Gasteiger partial charge in [0.15, 0.2) is 0 Å². The molecule has 18 heavy (non-hydrogen) atoms. The summed E-state index contributed by atoms with van der Waals surface area (Å²) < 4.78 is 6.08. The van der Waals surface area contributed by atoms with Crippen LogP contribution in [0.25, 0.3) is 0 Å². The molecule has 1 aliphatic heterocycles. The second kappa shape index (κ2) is 4.75. The van der Waals surface area contributed by atoms with Gasteiger partial charge < -0.3 is 10.1 Å². The maximum Gasteiger partial charge on any atom is 0.119 e. The molecule has 2 rings (SSSR count). The average Bonchev–Trinajstić information content (AvgIpc) is 2.16. The summed E-state index contributed by atoms with van der Waals surface area (Å²) in [6.07, 6.45) is 2.27. The highest BCUT2D eigenvalue weighted by Gasteiger charge is 2.38. The number of nitrogens with one attached hydrogen (secondary N) is 1.